The van der Waals surface area contributed by atoms with Gasteiger partial charge >= 0.3 is 0 Å². The van der Waals surface area contributed by atoms with Crippen LogP contribution in [0.1, 0.15) is 12.8 Å². The molecule has 1 aliphatic rings. The number of rotatable bonds is 2. The Morgan fingerprint density at radius 2 is 1.76 bits per heavy atom. The minimum absolute atomic E-state index is 0.218. The van der Waals surface area contributed by atoms with Crippen molar-refractivity contribution in [3.05, 3.63) is 40.5 Å². The van der Waals surface area contributed by atoms with Gasteiger partial charge in [-0.15, -0.1) is 0 Å². The van der Waals surface area contributed by atoms with E-state index in [-0.39, 0.29) is 6.10 Å². The van der Waals surface area contributed by atoms with Gasteiger partial charge in [-0.05, 0) is 25.0 Å². The normalized spacial score (nSPS) is 16.2. The smallest absolute Gasteiger partial charge is 0.225 e. The molecule has 1 aliphatic heterocycles. The number of halogens is 2. The van der Waals surface area contributed by atoms with E-state index in [1.807, 2.05) is 24.3 Å². The molecule has 0 amide bonds. The zero-order valence-corrected chi connectivity index (χ0v) is 12.8. The molecule has 2 aromatic rings. The summed E-state index contributed by atoms with van der Waals surface area (Å²) in [5.74, 6) is 0.649. The average molecular weight is 324 g/mol. The van der Waals surface area contributed by atoms with Crippen LogP contribution in [0.5, 0.6) is 0 Å². The van der Waals surface area contributed by atoms with Crippen LogP contribution in [0.2, 0.25) is 10.0 Å². The van der Waals surface area contributed by atoms with Crippen molar-refractivity contribution in [2.75, 3.05) is 18.0 Å². The average Bonchev–Trinajstić information content (AvgIpc) is 2.50. The van der Waals surface area contributed by atoms with Crippen molar-refractivity contribution in [2.24, 2.45) is 0 Å². The second-order valence-corrected chi connectivity index (χ2v) is 5.94. The van der Waals surface area contributed by atoms with Gasteiger partial charge in [0.1, 0.15) is 0 Å². The lowest BCUT2D eigenvalue weighted by Gasteiger charge is -2.29. The van der Waals surface area contributed by atoms with Crippen LogP contribution in [0.4, 0.5) is 5.95 Å². The number of piperidine rings is 1. The topological polar surface area (TPSA) is 49.2 Å². The second kappa shape index (κ2) is 6.18. The summed E-state index contributed by atoms with van der Waals surface area (Å²) in [4.78, 5) is 11.0. The van der Waals surface area contributed by atoms with E-state index in [1.165, 1.54) is 0 Å². The molecule has 4 nitrogen and oxygen atoms in total. The highest BCUT2D eigenvalue weighted by Crippen LogP contribution is 2.28. The molecule has 0 spiro atoms. The predicted octanol–water partition coefficient (Wildman–Crippen LogP) is 3.41. The molecule has 6 heteroatoms. The third-order valence-corrected chi connectivity index (χ3v) is 4.12. The molecule has 3 rings (SSSR count). The van der Waals surface area contributed by atoms with E-state index >= 15 is 0 Å². The number of hydrogen-bond donors (Lipinski definition) is 1. The first-order valence-electron chi connectivity index (χ1n) is 6.85. The van der Waals surface area contributed by atoms with E-state index in [1.54, 1.807) is 6.20 Å². The molecule has 1 N–H and O–H groups in total. The lowest BCUT2D eigenvalue weighted by molar-refractivity contribution is 0.145. The molecule has 0 atom stereocenters. The van der Waals surface area contributed by atoms with Crippen molar-refractivity contribution >= 4 is 29.2 Å². The van der Waals surface area contributed by atoms with Crippen molar-refractivity contribution in [3.8, 4) is 11.3 Å². The maximum Gasteiger partial charge on any atom is 0.225 e. The number of benzene rings is 1. The van der Waals surface area contributed by atoms with E-state index in [0.717, 1.165) is 31.5 Å². The zero-order valence-electron chi connectivity index (χ0n) is 11.3. The van der Waals surface area contributed by atoms with Crippen LogP contribution in [-0.4, -0.2) is 34.3 Å². The molecule has 0 radical (unpaired) electrons. The van der Waals surface area contributed by atoms with Crippen molar-refractivity contribution in [3.63, 3.8) is 0 Å². The van der Waals surface area contributed by atoms with Gasteiger partial charge in [0.05, 0.1) is 23.0 Å². The quantitative estimate of drug-likeness (QED) is 0.920. The van der Waals surface area contributed by atoms with Gasteiger partial charge in [0.25, 0.3) is 0 Å². The van der Waals surface area contributed by atoms with Crippen LogP contribution in [0, 0.1) is 0 Å². The molecular weight excluding hydrogens is 309 g/mol. The summed E-state index contributed by atoms with van der Waals surface area (Å²) in [6, 6.07) is 7.40. The van der Waals surface area contributed by atoms with Gasteiger partial charge in [-0.2, -0.15) is 0 Å². The van der Waals surface area contributed by atoms with Gasteiger partial charge in [0, 0.05) is 23.7 Å². The van der Waals surface area contributed by atoms with E-state index in [2.05, 4.69) is 14.9 Å². The molecule has 0 saturated carbocycles. The molecule has 1 aromatic carbocycles. The largest absolute Gasteiger partial charge is 0.393 e. The monoisotopic (exact) mass is 323 g/mol. The first kappa shape index (κ1) is 14.6. The Bertz CT molecular complexity index is 625. The third kappa shape index (κ3) is 3.28. The van der Waals surface area contributed by atoms with Gasteiger partial charge in [0.2, 0.25) is 5.95 Å². The Balaban J connectivity index is 1.91. The van der Waals surface area contributed by atoms with Crippen LogP contribution >= 0.6 is 23.2 Å². The molecular formula is C15H15Cl2N3O. The molecule has 0 aliphatic carbocycles. The summed E-state index contributed by atoms with van der Waals surface area (Å²) in [5, 5.41) is 10.8. The maximum atomic E-state index is 9.58. The maximum absolute atomic E-state index is 9.58. The number of nitrogens with zero attached hydrogens (tertiary/aromatic N) is 3. The molecule has 2 heterocycles. The Labute approximate surface area is 133 Å². The number of aromatic nitrogens is 2. The van der Waals surface area contributed by atoms with Crippen molar-refractivity contribution in [1.29, 1.82) is 0 Å². The number of aliphatic hydroxyl groups excluding tert-OH is 1. The van der Waals surface area contributed by atoms with Crippen molar-refractivity contribution in [2.45, 2.75) is 18.9 Å². The molecule has 1 fully saturated rings. The van der Waals surface area contributed by atoms with Gasteiger partial charge in [0.15, 0.2) is 0 Å². The van der Waals surface area contributed by atoms with Crippen LogP contribution in [0.15, 0.2) is 30.5 Å². The Kier molecular flexibility index (Phi) is 4.29. The Hall–Kier alpha value is -1.36. The van der Waals surface area contributed by atoms with E-state index in [4.69, 9.17) is 23.2 Å². The zero-order chi connectivity index (χ0) is 14.8. The standard InChI is InChI=1S/C15H15Cl2N3O/c16-11-3-1-10(2-4-11)14-13(17)9-18-15(19-14)20-7-5-12(21)6-8-20/h1-4,9,12,21H,5-8H2. The predicted molar refractivity (Wildman–Crippen MR) is 84.9 cm³/mol. The second-order valence-electron chi connectivity index (χ2n) is 5.09. The molecule has 0 bridgehead atoms. The summed E-state index contributed by atoms with van der Waals surface area (Å²) in [6.45, 7) is 1.51. The van der Waals surface area contributed by atoms with E-state index in [0.29, 0.717) is 21.7 Å². The third-order valence-electron chi connectivity index (χ3n) is 3.60. The highest BCUT2D eigenvalue weighted by atomic mass is 35.5. The number of anilines is 1. The number of hydrogen-bond acceptors (Lipinski definition) is 4. The molecule has 1 aromatic heterocycles. The van der Waals surface area contributed by atoms with Crippen LogP contribution < -0.4 is 4.90 Å². The first-order chi connectivity index (χ1) is 10.1. The lowest BCUT2D eigenvalue weighted by Crippen LogP contribution is -2.36. The fraction of sp³-hybridized carbons (Fsp3) is 0.333. The summed E-state index contributed by atoms with van der Waals surface area (Å²) in [6.07, 6.45) is 2.88. The SMILES string of the molecule is OC1CCN(c2ncc(Cl)c(-c3ccc(Cl)cc3)n2)CC1. The first-order valence-corrected chi connectivity index (χ1v) is 7.60. The number of aliphatic hydroxyl groups is 1. The highest BCUT2D eigenvalue weighted by Gasteiger charge is 2.20. The molecule has 0 unspecified atom stereocenters. The molecule has 21 heavy (non-hydrogen) atoms. The summed E-state index contributed by atoms with van der Waals surface area (Å²) >= 11 is 12.1. The Morgan fingerprint density at radius 1 is 1.10 bits per heavy atom. The van der Waals surface area contributed by atoms with Crippen LogP contribution in [0.25, 0.3) is 11.3 Å². The van der Waals surface area contributed by atoms with Crippen molar-refractivity contribution < 1.29 is 5.11 Å². The summed E-state index contributed by atoms with van der Waals surface area (Å²) < 4.78 is 0. The fourth-order valence-corrected chi connectivity index (χ4v) is 2.71. The minimum atomic E-state index is -0.218. The fourth-order valence-electron chi connectivity index (χ4n) is 2.39. The minimum Gasteiger partial charge on any atom is -0.393 e. The lowest BCUT2D eigenvalue weighted by atomic mass is 10.1. The van der Waals surface area contributed by atoms with E-state index in [9.17, 15) is 5.11 Å². The van der Waals surface area contributed by atoms with Crippen LogP contribution in [0.3, 0.4) is 0 Å². The van der Waals surface area contributed by atoms with Gasteiger partial charge in [-0.25, -0.2) is 9.97 Å². The van der Waals surface area contributed by atoms with E-state index < -0.39 is 0 Å². The van der Waals surface area contributed by atoms with Crippen molar-refractivity contribution in [1.82, 2.24) is 9.97 Å². The Morgan fingerprint density at radius 3 is 2.43 bits per heavy atom. The van der Waals surface area contributed by atoms with Gasteiger partial charge < -0.3 is 10.0 Å². The van der Waals surface area contributed by atoms with Gasteiger partial charge in [-0.3, -0.25) is 0 Å². The summed E-state index contributed by atoms with van der Waals surface area (Å²) in [7, 11) is 0. The molecule has 110 valence electrons. The van der Waals surface area contributed by atoms with Crippen LogP contribution in [-0.2, 0) is 0 Å². The highest BCUT2D eigenvalue weighted by molar-refractivity contribution is 6.33. The van der Waals surface area contributed by atoms with Gasteiger partial charge in [-0.1, -0.05) is 35.3 Å². The summed E-state index contributed by atoms with van der Waals surface area (Å²) in [5.41, 5.74) is 1.61. The molecule has 1 saturated heterocycles.